The van der Waals surface area contributed by atoms with Gasteiger partial charge < -0.3 is 40.2 Å². The molecule has 4 aliphatic rings. The number of carboxylic acid groups (broad SMARTS) is 1. The number of carbonyl (C=O) groups is 5. The van der Waals surface area contributed by atoms with E-state index in [1.807, 2.05) is 0 Å². The van der Waals surface area contributed by atoms with E-state index in [4.69, 9.17) is 4.74 Å². The third-order valence-electron chi connectivity index (χ3n) is 14.8. The first-order valence-electron chi connectivity index (χ1n) is 26.5. The number of carbonyl (C=O) groups excluding carboxylic acids is 4. The molecular formula is C55H58F10N10O9. The fourth-order valence-corrected chi connectivity index (χ4v) is 10.4. The maximum absolute atomic E-state index is 14.6. The Morgan fingerprint density at radius 3 is 1.71 bits per heavy atom. The molecule has 0 spiro atoms. The van der Waals surface area contributed by atoms with E-state index in [1.165, 1.54) is 67.0 Å². The zero-order valence-corrected chi connectivity index (χ0v) is 45.2. The van der Waals surface area contributed by atoms with Gasteiger partial charge in [0.05, 0.1) is 46.8 Å². The first kappa shape index (κ1) is 61.9. The molecule has 84 heavy (non-hydrogen) atoms. The fourth-order valence-electron chi connectivity index (χ4n) is 10.4. The summed E-state index contributed by atoms with van der Waals surface area (Å²) in [6, 6.07) is 14.9. The molecule has 6 heterocycles. The minimum atomic E-state index is -3.06. The van der Waals surface area contributed by atoms with Crippen molar-refractivity contribution in [3.8, 4) is 11.5 Å². The van der Waals surface area contributed by atoms with Gasteiger partial charge in [-0.3, -0.25) is 24.3 Å². The summed E-state index contributed by atoms with van der Waals surface area (Å²) in [4.78, 5) is 72.6. The zero-order valence-electron chi connectivity index (χ0n) is 45.2. The summed E-state index contributed by atoms with van der Waals surface area (Å²) in [7, 11) is 0. The number of anilines is 2. The summed E-state index contributed by atoms with van der Waals surface area (Å²) in [5.41, 5.74) is -0.842. The molecule has 452 valence electrons. The molecule has 10 rings (SSSR count). The van der Waals surface area contributed by atoms with E-state index in [2.05, 4.69) is 50.7 Å². The first-order valence-corrected chi connectivity index (χ1v) is 26.5. The number of amides is 3. The molecule has 0 radical (unpaired) electrons. The molecule has 2 saturated heterocycles. The molecule has 5 N–H and O–H groups in total. The van der Waals surface area contributed by atoms with Crippen LogP contribution in [0.3, 0.4) is 0 Å². The van der Waals surface area contributed by atoms with Gasteiger partial charge in [0.25, 0.3) is 0 Å². The summed E-state index contributed by atoms with van der Waals surface area (Å²) >= 11 is 0. The van der Waals surface area contributed by atoms with Crippen molar-refractivity contribution in [1.82, 2.24) is 40.2 Å². The highest BCUT2D eigenvalue weighted by molar-refractivity contribution is 6.00. The Balaban J connectivity index is 0.000000174. The van der Waals surface area contributed by atoms with Crippen molar-refractivity contribution >= 4 is 63.5 Å². The first-order chi connectivity index (χ1) is 39.5. The maximum Gasteiger partial charge on any atom is 0.435 e. The van der Waals surface area contributed by atoms with E-state index in [0.29, 0.717) is 39.0 Å². The number of fused-ring (bicyclic) bond motifs is 2. The van der Waals surface area contributed by atoms with Gasteiger partial charge in [-0.25, -0.2) is 41.1 Å². The van der Waals surface area contributed by atoms with Crippen LogP contribution in [-0.2, 0) is 34.7 Å². The molecule has 2 saturated carbocycles. The van der Waals surface area contributed by atoms with E-state index < -0.39 is 115 Å². The molecule has 6 aromatic rings. The smallest absolute Gasteiger partial charge is 0.435 e. The molecular weight excluding hydrogens is 1130 g/mol. The number of nitrogens with zero attached hydrogens (tertiary/aromatic N) is 6. The Kier molecular flexibility index (Phi) is 18.4. The van der Waals surface area contributed by atoms with Crippen molar-refractivity contribution < 1.29 is 87.2 Å². The number of benzene rings is 2. The fraction of sp³-hybridized carbons (Fsp3) is 0.473. The number of carboxylic acids is 1. The third kappa shape index (κ3) is 14.8. The number of halogens is 10. The van der Waals surface area contributed by atoms with Crippen LogP contribution in [0.4, 0.5) is 60.3 Å². The monoisotopic (exact) mass is 1190 g/mol. The second-order valence-corrected chi connectivity index (χ2v) is 21.7. The van der Waals surface area contributed by atoms with Crippen LogP contribution in [0.1, 0.15) is 96.1 Å². The normalized spacial score (nSPS) is 21.4. The van der Waals surface area contributed by atoms with E-state index in [1.54, 1.807) is 39.0 Å². The second-order valence-electron chi connectivity index (χ2n) is 21.7. The number of aromatic nitrogens is 6. The molecule has 2 aliphatic heterocycles. The molecule has 2 aliphatic carbocycles. The van der Waals surface area contributed by atoms with Crippen molar-refractivity contribution in [2.45, 2.75) is 151 Å². The highest BCUT2D eigenvalue weighted by Crippen LogP contribution is 2.49. The minimum absolute atomic E-state index is 0.101. The lowest BCUT2D eigenvalue weighted by atomic mass is 9.67. The highest BCUT2D eigenvalue weighted by Gasteiger charge is 2.54. The topological polar surface area (TPSA) is 245 Å². The van der Waals surface area contributed by atoms with Gasteiger partial charge in [-0.05, 0) is 106 Å². The summed E-state index contributed by atoms with van der Waals surface area (Å²) in [5.74, 6) is -8.44. The van der Waals surface area contributed by atoms with Crippen molar-refractivity contribution in [2.75, 3.05) is 23.7 Å². The molecule has 4 aromatic heterocycles. The number of pyridine rings is 2. The summed E-state index contributed by atoms with van der Waals surface area (Å²) in [5, 5.41) is 28.1. The van der Waals surface area contributed by atoms with Gasteiger partial charge in [0.2, 0.25) is 29.6 Å². The Bertz CT molecular complexity index is 3310. The van der Waals surface area contributed by atoms with Crippen LogP contribution in [0.2, 0.25) is 0 Å². The number of rotatable bonds is 12. The average Bonchev–Trinajstić information content (AvgIpc) is 4.49. The van der Waals surface area contributed by atoms with Gasteiger partial charge in [-0.2, -0.15) is 32.4 Å². The van der Waals surface area contributed by atoms with Gasteiger partial charge in [0.15, 0.2) is 0 Å². The third-order valence-corrected chi connectivity index (χ3v) is 14.8. The lowest BCUT2D eigenvalue weighted by Crippen LogP contribution is -2.54. The second kappa shape index (κ2) is 25.0. The number of aromatic amines is 1. The van der Waals surface area contributed by atoms with Crippen LogP contribution in [0.5, 0.6) is 11.5 Å². The Labute approximate surface area is 472 Å². The Hall–Kier alpha value is -8.11. The van der Waals surface area contributed by atoms with E-state index in [0.717, 1.165) is 9.58 Å². The van der Waals surface area contributed by atoms with Gasteiger partial charge in [-0.15, -0.1) is 0 Å². The SMILES string of the molecule is CC(C)(C)OC(=O)n1ncc2nc(NC(=O)[C@H]3C[C@@H](F)CN3)ccc21.O=C(Nc1ccc2[nH]ncc2n1)[C@H]1C[C@@H](F)CN1C(=O)C1(c2ccc(OC(F)F)cc2)CCC(F)(F)CC1.O=C(O)C1(c2ccc(OC(F)F)cc2)CCC(F)(F)CC1. The predicted molar refractivity (Wildman–Crippen MR) is 281 cm³/mol. The highest BCUT2D eigenvalue weighted by atomic mass is 19.3. The lowest BCUT2D eigenvalue weighted by molar-refractivity contribution is -0.149. The van der Waals surface area contributed by atoms with Crippen molar-refractivity contribution in [2.24, 2.45) is 0 Å². The van der Waals surface area contributed by atoms with E-state index in [9.17, 15) is 73.0 Å². The van der Waals surface area contributed by atoms with Crippen LogP contribution >= 0.6 is 0 Å². The summed E-state index contributed by atoms with van der Waals surface area (Å²) in [6.45, 7) is -0.940. The van der Waals surface area contributed by atoms with Crippen molar-refractivity contribution in [1.29, 1.82) is 0 Å². The number of likely N-dealkylation sites (tertiary alicyclic amines) is 1. The van der Waals surface area contributed by atoms with Crippen LogP contribution in [0, 0.1) is 0 Å². The number of nitrogens with one attached hydrogen (secondary N) is 4. The van der Waals surface area contributed by atoms with Gasteiger partial charge in [0, 0.05) is 45.1 Å². The number of aliphatic carboxylic acids is 1. The molecule has 4 fully saturated rings. The van der Waals surface area contributed by atoms with Crippen LogP contribution in [0.25, 0.3) is 22.1 Å². The number of hydrogen-bond acceptors (Lipinski definition) is 13. The molecule has 2 aromatic carbocycles. The summed E-state index contributed by atoms with van der Waals surface area (Å²) in [6.07, 6.45) is -3.44. The lowest BCUT2D eigenvalue weighted by Gasteiger charge is -2.42. The Morgan fingerprint density at radius 2 is 1.19 bits per heavy atom. The zero-order chi connectivity index (χ0) is 60.9. The number of H-pyrrole nitrogens is 1. The number of ether oxygens (including phenoxy) is 3. The van der Waals surface area contributed by atoms with Crippen LogP contribution < -0.4 is 25.4 Å². The molecule has 3 amide bonds. The standard InChI is InChI=1S/C25H24F5N5O3.C16H20FN5O3.C14H14F4O3/c26-15-11-19(21(36)33-20-6-5-17-18(32-20)12-31-34-17)35(13-15)22(37)24(7-9-25(29,30)10-8-24)14-1-3-16(4-2-14)38-23(27)28;1-16(2,3)25-15(24)22-12-4-5-13(20-11(12)8-19-22)21-14(23)10-6-9(17)7-18-10;15-12(16)21-10-3-1-9(2-4-10)13(11(19)20)5-7-14(17,18)8-6-13/h1-6,12,15,19,23H,7-11,13H2,(H,31,34)(H,32,33,36);4-5,8-10,18H,6-7H2,1-3H3,(H,20,21,23);1-4,12H,5-8H2,(H,19,20)/t15-,19-;9-,10-;/m11./s1. The molecule has 0 bridgehead atoms. The van der Waals surface area contributed by atoms with Gasteiger partial charge >= 0.3 is 25.3 Å². The van der Waals surface area contributed by atoms with E-state index in [-0.39, 0.29) is 74.8 Å². The Morgan fingerprint density at radius 1 is 0.667 bits per heavy atom. The largest absolute Gasteiger partial charge is 0.481 e. The molecule has 0 unspecified atom stereocenters. The van der Waals surface area contributed by atoms with E-state index >= 15 is 0 Å². The molecule has 19 nitrogen and oxygen atoms in total. The van der Waals surface area contributed by atoms with Gasteiger partial charge in [0.1, 0.15) is 58.2 Å². The van der Waals surface area contributed by atoms with Crippen molar-refractivity contribution in [3.05, 3.63) is 96.3 Å². The average molecular weight is 1190 g/mol. The molecule has 29 heteroatoms. The number of hydrogen-bond donors (Lipinski definition) is 5. The predicted octanol–water partition coefficient (Wildman–Crippen LogP) is 10.3. The minimum Gasteiger partial charge on any atom is -0.481 e. The van der Waals surface area contributed by atoms with Crippen LogP contribution in [0.15, 0.2) is 85.2 Å². The quantitative estimate of drug-likeness (QED) is 0.0716. The summed E-state index contributed by atoms with van der Waals surface area (Å²) < 4.78 is 147. The maximum atomic E-state index is 14.6. The number of alkyl halides is 10. The van der Waals surface area contributed by atoms with Crippen molar-refractivity contribution in [3.63, 3.8) is 0 Å². The van der Waals surface area contributed by atoms with Gasteiger partial charge in [-0.1, -0.05) is 24.3 Å². The molecule has 4 atom stereocenters. The van der Waals surface area contributed by atoms with Crippen LogP contribution in [-0.4, -0.2) is 138 Å².